The number of anilines is 2. The molecule has 4 heteroatoms. The van der Waals surface area contributed by atoms with Crippen LogP contribution < -0.4 is 9.80 Å². The predicted octanol–water partition coefficient (Wildman–Crippen LogP) is 3.74. The molecule has 0 saturated heterocycles. The molecular formula is C18H26N4. The lowest BCUT2D eigenvalue weighted by Crippen LogP contribution is -2.28. The van der Waals surface area contributed by atoms with Gasteiger partial charge in [-0.2, -0.15) is 4.98 Å². The second-order valence-corrected chi connectivity index (χ2v) is 5.54. The van der Waals surface area contributed by atoms with Crippen molar-refractivity contribution in [1.29, 1.82) is 0 Å². The maximum absolute atomic E-state index is 4.75. The minimum Gasteiger partial charge on any atom is -0.355 e. The topological polar surface area (TPSA) is 32.3 Å². The molecule has 0 unspecified atom stereocenters. The normalized spacial score (nSPS) is 10.5. The number of benzene rings is 1. The number of nitrogens with zero attached hydrogens (tertiary/aromatic N) is 4. The second-order valence-electron chi connectivity index (χ2n) is 5.54. The van der Waals surface area contributed by atoms with Crippen molar-refractivity contribution in [2.24, 2.45) is 0 Å². The Morgan fingerprint density at radius 3 is 2.27 bits per heavy atom. The van der Waals surface area contributed by atoms with Gasteiger partial charge in [0.25, 0.3) is 0 Å². The Bertz CT molecular complexity index is 550. The Hall–Kier alpha value is -2.10. The molecule has 0 radical (unpaired) electrons. The molecule has 2 aromatic rings. The third-order valence-corrected chi connectivity index (χ3v) is 3.55. The fraction of sp³-hybridized carbons (Fsp3) is 0.444. The third-order valence-electron chi connectivity index (χ3n) is 3.55. The quantitative estimate of drug-likeness (QED) is 0.743. The highest BCUT2D eigenvalue weighted by atomic mass is 15.3. The van der Waals surface area contributed by atoms with E-state index in [0.717, 1.165) is 44.2 Å². The van der Waals surface area contributed by atoms with Gasteiger partial charge >= 0.3 is 0 Å². The fourth-order valence-corrected chi connectivity index (χ4v) is 2.49. The minimum absolute atomic E-state index is 0.834. The van der Waals surface area contributed by atoms with E-state index in [9.17, 15) is 0 Å². The molecule has 0 N–H and O–H groups in total. The van der Waals surface area contributed by atoms with Crippen LogP contribution in [-0.2, 0) is 6.54 Å². The van der Waals surface area contributed by atoms with Crippen LogP contribution in [0.5, 0.6) is 0 Å². The highest BCUT2D eigenvalue weighted by molar-refractivity contribution is 5.43. The van der Waals surface area contributed by atoms with Crippen LogP contribution in [-0.4, -0.2) is 30.1 Å². The van der Waals surface area contributed by atoms with Crippen molar-refractivity contribution in [2.45, 2.75) is 33.2 Å². The van der Waals surface area contributed by atoms with Gasteiger partial charge in [0.1, 0.15) is 5.82 Å². The van der Waals surface area contributed by atoms with Gasteiger partial charge in [-0.3, -0.25) is 0 Å². The Morgan fingerprint density at radius 1 is 0.955 bits per heavy atom. The molecule has 0 bridgehead atoms. The summed E-state index contributed by atoms with van der Waals surface area (Å²) in [6.07, 6.45) is 4.07. The molecule has 0 aliphatic heterocycles. The summed E-state index contributed by atoms with van der Waals surface area (Å²) in [5.41, 5.74) is 1.28. The van der Waals surface area contributed by atoms with E-state index >= 15 is 0 Å². The molecule has 0 aliphatic rings. The van der Waals surface area contributed by atoms with Crippen molar-refractivity contribution < 1.29 is 0 Å². The van der Waals surface area contributed by atoms with Crippen LogP contribution in [0.2, 0.25) is 0 Å². The van der Waals surface area contributed by atoms with Crippen molar-refractivity contribution >= 4 is 11.8 Å². The number of rotatable bonds is 8. The van der Waals surface area contributed by atoms with Crippen molar-refractivity contribution in [2.75, 3.05) is 29.9 Å². The van der Waals surface area contributed by atoms with E-state index in [0.29, 0.717) is 0 Å². The molecule has 0 fully saturated rings. The highest BCUT2D eigenvalue weighted by Crippen LogP contribution is 2.16. The van der Waals surface area contributed by atoms with Crippen molar-refractivity contribution in [3.05, 3.63) is 48.2 Å². The minimum atomic E-state index is 0.834. The van der Waals surface area contributed by atoms with Crippen LogP contribution in [0.25, 0.3) is 0 Å². The Balaban J connectivity index is 2.12. The van der Waals surface area contributed by atoms with Gasteiger partial charge < -0.3 is 9.80 Å². The zero-order valence-corrected chi connectivity index (χ0v) is 13.9. The summed E-state index contributed by atoms with van der Waals surface area (Å²) in [4.78, 5) is 13.6. The van der Waals surface area contributed by atoms with Crippen LogP contribution in [0.15, 0.2) is 42.6 Å². The van der Waals surface area contributed by atoms with Crippen LogP contribution >= 0.6 is 0 Å². The van der Waals surface area contributed by atoms with Crippen LogP contribution in [0.1, 0.15) is 32.3 Å². The summed E-state index contributed by atoms with van der Waals surface area (Å²) in [7, 11) is 2.07. The molecular weight excluding hydrogens is 272 g/mol. The standard InChI is InChI=1S/C18H26N4/c1-4-13-22(14-5-2)18-19-12-11-17(20-18)21(3)15-16-9-7-6-8-10-16/h6-12H,4-5,13-15H2,1-3H3. The van der Waals surface area contributed by atoms with Crippen LogP contribution in [0.3, 0.4) is 0 Å². The Morgan fingerprint density at radius 2 is 1.64 bits per heavy atom. The SMILES string of the molecule is CCCN(CCC)c1nccc(N(C)Cc2ccccc2)n1. The van der Waals surface area contributed by atoms with Gasteiger partial charge in [0, 0.05) is 32.9 Å². The average molecular weight is 298 g/mol. The van der Waals surface area contributed by atoms with E-state index in [-0.39, 0.29) is 0 Å². The van der Waals surface area contributed by atoms with Gasteiger partial charge in [0.2, 0.25) is 5.95 Å². The van der Waals surface area contributed by atoms with E-state index in [1.165, 1.54) is 5.56 Å². The van der Waals surface area contributed by atoms with Crippen LogP contribution in [0, 0.1) is 0 Å². The van der Waals surface area contributed by atoms with Gasteiger partial charge in [-0.15, -0.1) is 0 Å². The zero-order chi connectivity index (χ0) is 15.8. The first kappa shape index (κ1) is 16.3. The number of hydrogen-bond acceptors (Lipinski definition) is 4. The molecule has 2 rings (SSSR count). The predicted molar refractivity (Wildman–Crippen MR) is 93.4 cm³/mol. The number of aromatic nitrogens is 2. The van der Waals surface area contributed by atoms with E-state index in [2.05, 4.69) is 59.9 Å². The zero-order valence-electron chi connectivity index (χ0n) is 13.9. The van der Waals surface area contributed by atoms with Gasteiger partial charge in [-0.25, -0.2) is 4.98 Å². The molecule has 0 spiro atoms. The molecule has 1 heterocycles. The lowest BCUT2D eigenvalue weighted by atomic mass is 10.2. The molecule has 1 aromatic carbocycles. The summed E-state index contributed by atoms with van der Waals surface area (Å²) in [5, 5.41) is 0. The first-order valence-electron chi connectivity index (χ1n) is 8.07. The van der Waals surface area contributed by atoms with Gasteiger partial charge in [0.05, 0.1) is 0 Å². The second kappa shape index (κ2) is 8.37. The largest absolute Gasteiger partial charge is 0.355 e. The van der Waals surface area contributed by atoms with Crippen molar-refractivity contribution in [3.8, 4) is 0 Å². The highest BCUT2D eigenvalue weighted by Gasteiger charge is 2.10. The average Bonchev–Trinajstić information content (AvgIpc) is 2.56. The summed E-state index contributed by atoms with van der Waals surface area (Å²) < 4.78 is 0. The summed E-state index contributed by atoms with van der Waals surface area (Å²) in [6.45, 7) is 7.22. The summed E-state index contributed by atoms with van der Waals surface area (Å²) >= 11 is 0. The van der Waals surface area contributed by atoms with Gasteiger partial charge in [0.15, 0.2) is 0 Å². The monoisotopic (exact) mass is 298 g/mol. The maximum Gasteiger partial charge on any atom is 0.227 e. The Kier molecular flexibility index (Phi) is 6.19. The molecule has 1 aromatic heterocycles. The maximum atomic E-state index is 4.75. The fourth-order valence-electron chi connectivity index (χ4n) is 2.49. The smallest absolute Gasteiger partial charge is 0.227 e. The third kappa shape index (κ3) is 4.45. The molecule has 118 valence electrons. The van der Waals surface area contributed by atoms with E-state index < -0.39 is 0 Å². The Labute approximate surface area is 133 Å². The molecule has 4 nitrogen and oxygen atoms in total. The van der Waals surface area contributed by atoms with Gasteiger partial charge in [-0.1, -0.05) is 44.2 Å². The first-order chi connectivity index (χ1) is 10.7. The summed E-state index contributed by atoms with van der Waals surface area (Å²) in [5.74, 6) is 1.80. The van der Waals surface area contributed by atoms with Crippen LogP contribution in [0.4, 0.5) is 11.8 Å². The van der Waals surface area contributed by atoms with E-state index in [1.807, 2.05) is 18.3 Å². The lowest BCUT2D eigenvalue weighted by molar-refractivity contribution is 0.719. The van der Waals surface area contributed by atoms with E-state index in [1.54, 1.807) is 0 Å². The van der Waals surface area contributed by atoms with E-state index in [4.69, 9.17) is 4.98 Å². The molecule has 0 saturated carbocycles. The lowest BCUT2D eigenvalue weighted by Gasteiger charge is -2.24. The first-order valence-corrected chi connectivity index (χ1v) is 8.07. The molecule has 0 aliphatic carbocycles. The van der Waals surface area contributed by atoms with Crippen molar-refractivity contribution in [3.63, 3.8) is 0 Å². The molecule has 22 heavy (non-hydrogen) atoms. The van der Waals surface area contributed by atoms with Crippen molar-refractivity contribution in [1.82, 2.24) is 9.97 Å². The molecule has 0 amide bonds. The summed E-state index contributed by atoms with van der Waals surface area (Å²) in [6, 6.07) is 12.4. The van der Waals surface area contributed by atoms with Gasteiger partial charge in [-0.05, 0) is 24.5 Å². The number of hydrogen-bond donors (Lipinski definition) is 0. The molecule has 0 atom stereocenters.